The van der Waals surface area contributed by atoms with Crippen molar-refractivity contribution in [2.45, 2.75) is 18.5 Å². The van der Waals surface area contributed by atoms with Gasteiger partial charge in [0.25, 0.3) is 0 Å². The standard InChI is InChI=1S/C21H17ClF3NO2/c22-17-10-8-14(9-11-17)19(26)20(27)15-6-4-13(5-7-15)16-2-1-3-18(12-16)28-21(23,24)25/h1-12,19-20,27H,26H2. The number of aliphatic hydroxyl groups is 1. The van der Waals surface area contributed by atoms with Crippen LogP contribution in [-0.4, -0.2) is 11.5 Å². The second-order valence-electron chi connectivity index (χ2n) is 6.22. The largest absolute Gasteiger partial charge is 0.573 e. The van der Waals surface area contributed by atoms with Crippen LogP contribution in [0.4, 0.5) is 13.2 Å². The van der Waals surface area contributed by atoms with Gasteiger partial charge >= 0.3 is 6.36 Å². The quantitative estimate of drug-likeness (QED) is 0.575. The lowest BCUT2D eigenvalue weighted by Crippen LogP contribution is -2.19. The molecule has 0 aliphatic carbocycles. The fraction of sp³-hybridized carbons (Fsp3) is 0.143. The Labute approximate surface area is 165 Å². The molecule has 0 aliphatic heterocycles. The van der Waals surface area contributed by atoms with Crippen molar-refractivity contribution in [3.8, 4) is 16.9 Å². The Morgan fingerprint density at radius 2 is 1.46 bits per heavy atom. The monoisotopic (exact) mass is 407 g/mol. The topological polar surface area (TPSA) is 55.5 Å². The van der Waals surface area contributed by atoms with Gasteiger partial charge in [0.2, 0.25) is 0 Å². The predicted octanol–water partition coefficient (Wildman–Crippen LogP) is 5.64. The summed E-state index contributed by atoms with van der Waals surface area (Å²) >= 11 is 5.86. The molecule has 0 bridgehead atoms. The lowest BCUT2D eigenvalue weighted by Gasteiger charge is -2.20. The second-order valence-corrected chi connectivity index (χ2v) is 6.66. The van der Waals surface area contributed by atoms with Crippen molar-refractivity contribution in [3.05, 3.63) is 88.9 Å². The predicted molar refractivity (Wildman–Crippen MR) is 102 cm³/mol. The van der Waals surface area contributed by atoms with Crippen LogP contribution in [0.3, 0.4) is 0 Å². The lowest BCUT2D eigenvalue weighted by molar-refractivity contribution is -0.274. The summed E-state index contributed by atoms with van der Waals surface area (Å²) in [6.07, 6.45) is -5.69. The molecule has 3 N–H and O–H groups in total. The number of aliphatic hydroxyl groups excluding tert-OH is 1. The molecular formula is C21H17ClF3NO2. The molecule has 3 aromatic carbocycles. The minimum atomic E-state index is -4.75. The summed E-state index contributed by atoms with van der Waals surface area (Å²) in [4.78, 5) is 0. The highest BCUT2D eigenvalue weighted by Gasteiger charge is 2.31. The van der Waals surface area contributed by atoms with Crippen LogP contribution in [0.25, 0.3) is 11.1 Å². The van der Waals surface area contributed by atoms with Gasteiger partial charge in [-0.1, -0.05) is 60.1 Å². The molecule has 0 saturated heterocycles. The molecule has 3 nitrogen and oxygen atoms in total. The highest BCUT2D eigenvalue weighted by molar-refractivity contribution is 6.30. The first-order valence-corrected chi connectivity index (χ1v) is 8.76. The minimum absolute atomic E-state index is 0.293. The zero-order valence-electron chi connectivity index (χ0n) is 14.5. The molecule has 146 valence electrons. The molecule has 2 unspecified atom stereocenters. The molecule has 28 heavy (non-hydrogen) atoms. The van der Waals surface area contributed by atoms with Crippen LogP contribution in [0.15, 0.2) is 72.8 Å². The van der Waals surface area contributed by atoms with Gasteiger partial charge in [-0.3, -0.25) is 0 Å². The molecule has 0 amide bonds. The first-order valence-electron chi connectivity index (χ1n) is 8.38. The zero-order chi connectivity index (χ0) is 20.3. The Kier molecular flexibility index (Phi) is 5.93. The number of hydrogen-bond acceptors (Lipinski definition) is 3. The van der Waals surface area contributed by atoms with Crippen molar-refractivity contribution in [2.24, 2.45) is 5.73 Å². The van der Waals surface area contributed by atoms with Crippen LogP contribution in [-0.2, 0) is 0 Å². The van der Waals surface area contributed by atoms with E-state index in [-0.39, 0.29) is 5.75 Å². The number of hydrogen-bond donors (Lipinski definition) is 2. The van der Waals surface area contributed by atoms with E-state index in [0.29, 0.717) is 21.7 Å². The molecular weight excluding hydrogens is 391 g/mol. The minimum Gasteiger partial charge on any atom is -0.406 e. The molecule has 0 radical (unpaired) electrons. The first kappa shape index (κ1) is 20.2. The van der Waals surface area contributed by atoms with Gasteiger partial charge in [-0.05, 0) is 46.5 Å². The van der Waals surface area contributed by atoms with Gasteiger partial charge < -0.3 is 15.6 Å². The van der Waals surface area contributed by atoms with E-state index in [1.54, 1.807) is 54.6 Å². The Morgan fingerprint density at radius 3 is 2.07 bits per heavy atom. The van der Waals surface area contributed by atoms with Crippen LogP contribution in [0.5, 0.6) is 5.75 Å². The van der Waals surface area contributed by atoms with E-state index in [2.05, 4.69) is 4.74 Å². The zero-order valence-corrected chi connectivity index (χ0v) is 15.3. The van der Waals surface area contributed by atoms with Gasteiger partial charge in [-0.25, -0.2) is 0 Å². The summed E-state index contributed by atoms with van der Waals surface area (Å²) in [6.45, 7) is 0. The Balaban J connectivity index is 1.78. The van der Waals surface area contributed by atoms with E-state index in [0.717, 1.165) is 5.56 Å². The summed E-state index contributed by atoms with van der Waals surface area (Å²) < 4.78 is 41.1. The molecule has 2 atom stereocenters. The molecule has 3 rings (SSSR count). The summed E-state index contributed by atoms with van der Waals surface area (Å²) in [6, 6.07) is 18.7. The maximum absolute atomic E-state index is 12.4. The van der Waals surface area contributed by atoms with Crippen molar-refractivity contribution in [3.63, 3.8) is 0 Å². The van der Waals surface area contributed by atoms with Gasteiger partial charge in [-0.15, -0.1) is 13.2 Å². The number of benzene rings is 3. The third kappa shape index (κ3) is 5.04. The van der Waals surface area contributed by atoms with Crippen LogP contribution in [0.1, 0.15) is 23.3 Å². The third-order valence-corrected chi connectivity index (χ3v) is 4.50. The highest BCUT2D eigenvalue weighted by atomic mass is 35.5. The summed E-state index contributed by atoms with van der Waals surface area (Å²) in [5, 5.41) is 11.1. The van der Waals surface area contributed by atoms with E-state index in [1.807, 2.05) is 0 Å². The van der Waals surface area contributed by atoms with E-state index < -0.39 is 18.5 Å². The fourth-order valence-corrected chi connectivity index (χ4v) is 2.95. The van der Waals surface area contributed by atoms with Crippen molar-refractivity contribution < 1.29 is 23.0 Å². The molecule has 0 spiro atoms. The normalized spacial score (nSPS) is 13.8. The van der Waals surface area contributed by atoms with Crippen molar-refractivity contribution in [2.75, 3.05) is 0 Å². The van der Waals surface area contributed by atoms with Crippen LogP contribution >= 0.6 is 11.6 Å². The van der Waals surface area contributed by atoms with E-state index in [1.165, 1.54) is 18.2 Å². The van der Waals surface area contributed by atoms with Gasteiger partial charge in [0.1, 0.15) is 5.75 Å². The maximum atomic E-state index is 12.4. The van der Waals surface area contributed by atoms with Crippen molar-refractivity contribution >= 4 is 11.6 Å². The SMILES string of the molecule is NC(c1ccc(Cl)cc1)C(O)c1ccc(-c2cccc(OC(F)(F)F)c2)cc1. The van der Waals surface area contributed by atoms with E-state index in [9.17, 15) is 18.3 Å². The van der Waals surface area contributed by atoms with Gasteiger partial charge in [0, 0.05) is 5.02 Å². The average molecular weight is 408 g/mol. The smallest absolute Gasteiger partial charge is 0.406 e. The number of rotatable bonds is 5. The molecule has 0 saturated carbocycles. The highest BCUT2D eigenvalue weighted by Crippen LogP contribution is 2.31. The maximum Gasteiger partial charge on any atom is 0.573 e. The number of ether oxygens (including phenoxy) is 1. The van der Waals surface area contributed by atoms with Crippen LogP contribution in [0, 0.1) is 0 Å². The lowest BCUT2D eigenvalue weighted by atomic mass is 9.95. The van der Waals surface area contributed by atoms with E-state index >= 15 is 0 Å². The van der Waals surface area contributed by atoms with Gasteiger partial charge in [-0.2, -0.15) is 0 Å². The van der Waals surface area contributed by atoms with Crippen LogP contribution < -0.4 is 10.5 Å². The summed E-state index contributed by atoms with van der Waals surface area (Å²) in [7, 11) is 0. The van der Waals surface area contributed by atoms with Crippen molar-refractivity contribution in [1.82, 2.24) is 0 Å². The molecule has 7 heteroatoms. The molecule has 3 aromatic rings. The molecule has 0 aliphatic rings. The number of alkyl halides is 3. The number of nitrogens with two attached hydrogens (primary N) is 1. The summed E-state index contributed by atoms with van der Waals surface area (Å²) in [5.74, 6) is -0.293. The summed E-state index contributed by atoms with van der Waals surface area (Å²) in [5.41, 5.74) is 8.70. The van der Waals surface area contributed by atoms with Gasteiger partial charge in [0.15, 0.2) is 0 Å². The Bertz CT molecular complexity index is 928. The fourth-order valence-electron chi connectivity index (χ4n) is 2.82. The molecule has 0 aromatic heterocycles. The third-order valence-electron chi connectivity index (χ3n) is 4.25. The van der Waals surface area contributed by atoms with Crippen molar-refractivity contribution in [1.29, 1.82) is 0 Å². The molecule has 0 fully saturated rings. The van der Waals surface area contributed by atoms with Crippen LogP contribution in [0.2, 0.25) is 5.02 Å². The first-order chi connectivity index (χ1) is 13.2. The van der Waals surface area contributed by atoms with Gasteiger partial charge in [0.05, 0.1) is 12.1 Å². The second kappa shape index (κ2) is 8.22. The Morgan fingerprint density at radius 1 is 0.857 bits per heavy atom. The molecule has 0 heterocycles. The average Bonchev–Trinajstić information content (AvgIpc) is 2.66. The number of halogens is 4. The van der Waals surface area contributed by atoms with E-state index in [4.69, 9.17) is 17.3 Å². The Hall–Kier alpha value is -2.54.